The van der Waals surface area contributed by atoms with Gasteiger partial charge in [-0.2, -0.15) is 0 Å². The fourth-order valence-electron chi connectivity index (χ4n) is 1.02. The number of thioether (sulfide) groups is 1. The first-order chi connectivity index (χ1) is 5.99. The van der Waals surface area contributed by atoms with Crippen LogP contribution in [0.15, 0.2) is 0 Å². The first-order valence-corrected chi connectivity index (χ1v) is 6.22. The zero-order valence-corrected chi connectivity index (χ0v) is 10.5. The molecule has 0 rings (SSSR count). The molecule has 0 aliphatic carbocycles. The van der Waals surface area contributed by atoms with Crippen LogP contribution in [0.4, 0.5) is 0 Å². The van der Waals surface area contributed by atoms with E-state index in [0.717, 1.165) is 9.95 Å². The van der Waals surface area contributed by atoms with E-state index in [9.17, 15) is 5.11 Å². The van der Waals surface area contributed by atoms with E-state index in [2.05, 4.69) is 27.7 Å². The van der Waals surface area contributed by atoms with E-state index >= 15 is 0 Å². The van der Waals surface area contributed by atoms with Gasteiger partial charge in [0.1, 0.15) is 0 Å². The molecule has 0 saturated carbocycles. The van der Waals surface area contributed by atoms with Crippen LogP contribution in [0.25, 0.3) is 0 Å². The lowest BCUT2D eigenvalue weighted by Crippen LogP contribution is -2.24. The summed E-state index contributed by atoms with van der Waals surface area (Å²) in [4.78, 5) is 0. The van der Waals surface area contributed by atoms with E-state index < -0.39 is 0 Å². The summed E-state index contributed by atoms with van der Waals surface area (Å²) < 4.78 is 0.933. The topological polar surface area (TPSA) is 20.2 Å². The first kappa shape index (κ1) is 13.4. The molecule has 0 heterocycles. The van der Waals surface area contributed by atoms with Gasteiger partial charge in [0, 0.05) is 6.42 Å². The summed E-state index contributed by atoms with van der Waals surface area (Å²) in [6.07, 6.45) is 0.388. The van der Waals surface area contributed by atoms with Crippen LogP contribution in [0.1, 0.15) is 34.1 Å². The van der Waals surface area contributed by atoms with Crippen LogP contribution in [0, 0.1) is 11.8 Å². The molecule has 0 unspecified atom stereocenters. The van der Waals surface area contributed by atoms with Gasteiger partial charge in [0.2, 0.25) is 0 Å². The van der Waals surface area contributed by atoms with Crippen molar-refractivity contribution in [2.24, 2.45) is 11.8 Å². The smallest absolute Gasteiger partial charge is 0.0621 e. The number of rotatable bonds is 5. The van der Waals surface area contributed by atoms with Gasteiger partial charge in [-0.05, 0) is 17.6 Å². The highest BCUT2D eigenvalue weighted by Crippen LogP contribution is 2.20. The third-order valence-corrected chi connectivity index (χ3v) is 3.64. The van der Waals surface area contributed by atoms with E-state index in [1.807, 2.05) is 0 Å². The molecule has 0 aliphatic rings. The van der Waals surface area contributed by atoms with E-state index in [-0.39, 0.29) is 6.10 Å². The minimum Gasteiger partial charge on any atom is -0.392 e. The van der Waals surface area contributed by atoms with Crippen LogP contribution in [0.3, 0.4) is 0 Å². The molecule has 78 valence electrons. The van der Waals surface area contributed by atoms with Gasteiger partial charge < -0.3 is 5.11 Å². The summed E-state index contributed by atoms with van der Waals surface area (Å²) in [5.41, 5.74) is 0. The van der Waals surface area contributed by atoms with Crippen molar-refractivity contribution in [2.45, 2.75) is 40.2 Å². The van der Waals surface area contributed by atoms with Gasteiger partial charge in [-0.1, -0.05) is 39.9 Å². The molecule has 2 atom stereocenters. The maximum Gasteiger partial charge on any atom is 0.0621 e. The summed E-state index contributed by atoms with van der Waals surface area (Å²) in [6, 6.07) is 0. The third kappa shape index (κ3) is 5.66. The normalized spacial score (nSPS) is 15.8. The summed E-state index contributed by atoms with van der Waals surface area (Å²) in [6.45, 7) is 8.41. The molecule has 0 fully saturated rings. The predicted molar refractivity (Wildman–Crippen MR) is 65.4 cm³/mol. The van der Waals surface area contributed by atoms with Gasteiger partial charge in [0.15, 0.2) is 0 Å². The second-order valence-electron chi connectivity index (χ2n) is 3.68. The molecule has 0 aliphatic heterocycles. The third-order valence-electron chi connectivity index (χ3n) is 2.34. The predicted octanol–water partition coefficient (Wildman–Crippen LogP) is 3.11. The lowest BCUT2D eigenvalue weighted by molar-refractivity contribution is 0.0994. The summed E-state index contributed by atoms with van der Waals surface area (Å²) >= 11 is 6.80. The van der Waals surface area contributed by atoms with E-state index in [1.54, 1.807) is 11.8 Å². The Bertz CT molecular complexity index is 157. The Labute approximate surface area is 91.3 Å². The van der Waals surface area contributed by atoms with Crippen LogP contribution in [-0.4, -0.2) is 21.2 Å². The van der Waals surface area contributed by atoms with Gasteiger partial charge in [0.05, 0.1) is 10.3 Å². The Hall–Kier alpha value is 0.400. The van der Waals surface area contributed by atoms with Crippen molar-refractivity contribution < 1.29 is 5.11 Å². The Morgan fingerprint density at radius 1 is 1.38 bits per heavy atom. The van der Waals surface area contributed by atoms with E-state index in [0.29, 0.717) is 18.3 Å². The minimum atomic E-state index is -0.272. The largest absolute Gasteiger partial charge is 0.392 e. The molecule has 0 amide bonds. The Balaban J connectivity index is 3.85. The van der Waals surface area contributed by atoms with Crippen LogP contribution in [0.2, 0.25) is 0 Å². The molecule has 0 spiro atoms. The van der Waals surface area contributed by atoms with Crippen molar-refractivity contribution in [2.75, 3.05) is 5.75 Å². The molecule has 13 heavy (non-hydrogen) atoms. The SMILES string of the molecule is CCSC(=S)C[C@H](O)[C@H](C)C(C)C. The number of hydrogen-bond donors (Lipinski definition) is 1. The number of aliphatic hydroxyl groups is 1. The summed E-state index contributed by atoms with van der Waals surface area (Å²) in [5, 5.41) is 9.78. The first-order valence-electron chi connectivity index (χ1n) is 4.82. The lowest BCUT2D eigenvalue weighted by atomic mass is 9.91. The Morgan fingerprint density at radius 3 is 2.31 bits per heavy atom. The highest BCUT2D eigenvalue weighted by Gasteiger charge is 2.18. The summed E-state index contributed by atoms with van der Waals surface area (Å²) in [5.74, 6) is 1.85. The van der Waals surface area contributed by atoms with Crippen LogP contribution in [-0.2, 0) is 0 Å². The van der Waals surface area contributed by atoms with Crippen molar-refractivity contribution in [1.82, 2.24) is 0 Å². The molecule has 0 aromatic carbocycles. The average molecular weight is 220 g/mol. The molecule has 1 N–H and O–H groups in total. The second kappa shape index (κ2) is 6.80. The highest BCUT2D eigenvalue weighted by molar-refractivity contribution is 8.23. The zero-order valence-electron chi connectivity index (χ0n) is 8.91. The quantitative estimate of drug-likeness (QED) is 0.719. The lowest BCUT2D eigenvalue weighted by Gasteiger charge is -2.22. The van der Waals surface area contributed by atoms with Crippen LogP contribution < -0.4 is 0 Å². The van der Waals surface area contributed by atoms with Crippen LogP contribution >= 0.6 is 24.0 Å². The molecule has 0 saturated heterocycles. The van der Waals surface area contributed by atoms with Crippen molar-refractivity contribution in [3.8, 4) is 0 Å². The zero-order chi connectivity index (χ0) is 10.4. The summed E-state index contributed by atoms with van der Waals surface area (Å²) in [7, 11) is 0. The standard InChI is InChI=1S/C10H20OS2/c1-5-13-10(12)6-9(11)8(4)7(2)3/h7-9,11H,5-6H2,1-4H3/t8-,9+/m1/s1. The van der Waals surface area contributed by atoms with Crippen LogP contribution in [0.5, 0.6) is 0 Å². The fraction of sp³-hybridized carbons (Fsp3) is 0.900. The molecule has 3 heteroatoms. The minimum absolute atomic E-state index is 0.272. The molecular formula is C10H20OS2. The van der Waals surface area contributed by atoms with Gasteiger partial charge in [-0.3, -0.25) is 0 Å². The Morgan fingerprint density at radius 2 is 1.92 bits per heavy atom. The number of aliphatic hydroxyl groups excluding tert-OH is 1. The van der Waals surface area contributed by atoms with Gasteiger partial charge in [-0.15, -0.1) is 11.8 Å². The number of hydrogen-bond acceptors (Lipinski definition) is 3. The number of thiocarbonyl (C=S) groups is 1. The van der Waals surface area contributed by atoms with Gasteiger partial charge >= 0.3 is 0 Å². The van der Waals surface area contributed by atoms with Crippen molar-refractivity contribution in [3.05, 3.63) is 0 Å². The molecule has 0 radical (unpaired) electrons. The molecule has 1 nitrogen and oxygen atoms in total. The van der Waals surface area contributed by atoms with Crippen molar-refractivity contribution in [3.63, 3.8) is 0 Å². The molecular weight excluding hydrogens is 200 g/mol. The van der Waals surface area contributed by atoms with E-state index in [1.165, 1.54) is 0 Å². The monoisotopic (exact) mass is 220 g/mol. The maximum atomic E-state index is 9.78. The van der Waals surface area contributed by atoms with Gasteiger partial charge in [-0.25, -0.2) is 0 Å². The Kier molecular flexibility index (Phi) is 7.00. The maximum absolute atomic E-state index is 9.78. The second-order valence-corrected chi connectivity index (χ2v) is 5.79. The molecule has 0 bridgehead atoms. The van der Waals surface area contributed by atoms with Gasteiger partial charge in [0.25, 0.3) is 0 Å². The van der Waals surface area contributed by atoms with Crippen molar-refractivity contribution in [1.29, 1.82) is 0 Å². The fourth-order valence-corrected chi connectivity index (χ4v) is 2.16. The van der Waals surface area contributed by atoms with E-state index in [4.69, 9.17) is 12.2 Å². The average Bonchev–Trinajstić information content (AvgIpc) is 2.03. The molecule has 0 aromatic heterocycles. The highest BCUT2D eigenvalue weighted by atomic mass is 32.2. The van der Waals surface area contributed by atoms with Crippen molar-refractivity contribution >= 4 is 28.2 Å². The molecule has 0 aromatic rings.